The van der Waals surface area contributed by atoms with Gasteiger partial charge in [-0.05, 0) is 42.4 Å². The minimum atomic E-state index is -0.321. The first-order valence-corrected chi connectivity index (χ1v) is 9.99. The molecule has 0 radical (unpaired) electrons. The molecule has 1 amide bonds. The van der Waals surface area contributed by atoms with Crippen LogP contribution in [0.15, 0.2) is 48.5 Å². The van der Waals surface area contributed by atoms with Crippen LogP contribution in [0.3, 0.4) is 0 Å². The molecular formula is C21H26FN4OS+. The molecule has 3 rings (SSSR count). The van der Waals surface area contributed by atoms with Crippen molar-refractivity contribution in [1.29, 1.82) is 0 Å². The van der Waals surface area contributed by atoms with Gasteiger partial charge in [0.15, 0.2) is 11.7 Å². The van der Waals surface area contributed by atoms with Gasteiger partial charge in [-0.25, -0.2) is 4.39 Å². The smallest absolute Gasteiger partial charge is 0.279 e. The van der Waals surface area contributed by atoms with Crippen LogP contribution >= 0.6 is 12.2 Å². The number of carbonyl (C=O) groups excluding carboxylic acids is 1. The van der Waals surface area contributed by atoms with E-state index in [1.165, 1.54) is 11.0 Å². The van der Waals surface area contributed by atoms with Gasteiger partial charge in [0.05, 0.1) is 31.9 Å². The van der Waals surface area contributed by atoms with E-state index in [-0.39, 0.29) is 11.7 Å². The fourth-order valence-corrected chi connectivity index (χ4v) is 3.62. The Morgan fingerprint density at radius 1 is 1.07 bits per heavy atom. The highest BCUT2D eigenvalue weighted by Crippen LogP contribution is 2.15. The number of hydrogen-bond donors (Lipinski definition) is 3. The molecule has 2 aromatic rings. The predicted molar refractivity (Wildman–Crippen MR) is 114 cm³/mol. The monoisotopic (exact) mass is 401 g/mol. The highest BCUT2D eigenvalue weighted by atomic mass is 32.1. The van der Waals surface area contributed by atoms with Gasteiger partial charge >= 0.3 is 0 Å². The molecule has 3 N–H and O–H groups in total. The molecule has 1 aliphatic heterocycles. The number of hydrogen-bond acceptors (Lipinski definition) is 2. The van der Waals surface area contributed by atoms with Crippen LogP contribution in [0.2, 0.25) is 0 Å². The van der Waals surface area contributed by atoms with Gasteiger partial charge < -0.3 is 20.4 Å². The second kappa shape index (κ2) is 9.61. The molecule has 0 aliphatic carbocycles. The summed E-state index contributed by atoms with van der Waals surface area (Å²) in [5.74, 6) is -0.297. The van der Waals surface area contributed by atoms with Gasteiger partial charge in [-0.15, -0.1) is 0 Å². The van der Waals surface area contributed by atoms with Crippen LogP contribution in [0, 0.1) is 5.82 Å². The Balaban J connectivity index is 1.46. The quantitative estimate of drug-likeness (QED) is 0.670. The van der Waals surface area contributed by atoms with E-state index < -0.39 is 0 Å². The second-order valence-corrected chi connectivity index (χ2v) is 7.27. The van der Waals surface area contributed by atoms with E-state index in [0.717, 1.165) is 43.9 Å². The highest BCUT2D eigenvalue weighted by Gasteiger charge is 2.24. The fourth-order valence-electron chi connectivity index (χ4n) is 3.33. The van der Waals surface area contributed by atoms with Crippen molar-refractivity contribution in [1.82, 2.24) is 4.90 Å². The Morgan fingerprint density at radius 3 is 2.39 bits per heavy atom. The highest BCUT2D eigenvalue weighted by molar-refractivity contribution is 7.80. The minimum absolute atomic E-state index is 0.0245. The number of nitrogens with one attached hydrogen (secondary N) is 3. The third-order valence-electron chi connectivity index (χ3n) is 4.96. The number of piperazine rings is 1. The molecule has 28 heavy (non-hydrogen) atoms. The maximum atomic E-state index is 13.8. The molecule has 0 atom stereocenters. The molecule has 2 aromatic carbocycles. The number of quaternary nitrogens is 1. The summed E-state index contributed by atoms with van der Waals surface area (Å²) in [7, 11) is 0. The first kappa shape index (κ1) is 20.2. The Labute approximate surface area is 170 Å². The predicted octanol–water partition coefficient (Wildman–Crippen LogP) is 1.92. The van der Waals surface area contributed by atoms with Gasteiger partial charge in [-0.3, -0.25) is 4.79 Å². The molecule has 0 bridgehead atoms. The van der Waals surface area contributed by atoms with E-state index in [1.807, 2.05) is 29.2 Å². The van der Waals surface area contributed by atoms with Gasteiger partial charge in [0.2, 0.25) is 0 Å². The summed E-state index contributed by atoms with van der Waals surface area (Å²) in [5.41, 5.74) is 2.42. The van der Waals surface area contributed by atoms with Crippen molar-refractivity contribution in [2.75, 3.05) is 43.4 Å². The maximum absolute atomic E-state index is 13.8. The lowest BCUT2D eigenvalue weighted by molar-refractivity contribution is -0.895. The lowest BCUT2D eigenvalue weighted by Gasteiger charge is -2.33. The zero-order valence-corrected chi connectivity index (χ0v) is 16.8. The number of nitrogens with zero attached hydrogens (tertiary/aromatic N) is 1. The minimum Gasteiger partial charge on any atom is -0.338 e. The van der Waals surface area contributed by atoms with Gasteiger partial charge in [0.25, 0.3) is 5.91 Å². The van der Waals surface area contributed by atoms with Crippen molar-refractivity contribution < 1.29 is 14.1 Å². The molecule has 0 unspecified atom stereocenters. The van der Waals surface area contributed by atoms with Gasteiger partial charge in [0.1, 0.15) is 5.82 Å². The van der Waals surface area contributed by atoms with Crippen LogP contribution < -0.4 is 15.5 Å². The van der Waals surface area contributed by atoms with Crippen molar-refractivity contribution in [3.63, 3.8) is 0 Å². The summed E-state index contributed by atoms with van der Waals surface area (Å²) in [5, 5.41) is 6.52. The Kier molecular flexibility index (Phi) is 6.95. The van der Waals surface area contributed by atoms with Crippen LogP contribution in [-0.4, -0.2) is 48.6 Å². The second-order valence-electron chi connectivity index (χ2n) is 6.88. The third-order valence-corrected chi connectivity index (χ3v) is 5.32. The Morgan fingerprint density at radius 2 is 1.71 bits per heavy atom. The Bertz CT molecular complexity index is 837. The SMILES string of the molecule is CCc1ccccc1NC(=O)C[NH+]1CCN(C(=S)Nc2ccccc2F)CC1. The van der Waals surface area contributed by atoms with Gasteiger partial charge in [0, 0.05) is 5.69 Å². The van der Waals surface area contributed by atoms with Crippen molar-refractivity contribution in [2.24, 2.45) is 0 Å². The summed E-state index contributed by atoms with van der Waals surface area (Å²) in [6.07, 6.45) is 0.883. The number of halogens is 1. The lowest BCUT2D eigenvalue weighted by atomic mass is 10.1. The number of aryl methyl sites for hydroxylation is 1. The first-order valence-electron chi connectivity index (χ1n) is 9.58. The molecule has 148 valence electrons. The average Bonchev–Trinajstić information content (AvgIpc) is 2.70. The third kappa shape index (κ3) is 5.27. The van der Waals surface area contributed by atoms with E-state index in [1.54, 1.807) is 18.2 Å². The van der Waals surface area contributed by atoms with E-state index in [4.69, 9.17) is 12.2 Å². The number of thiocarbonyl (C=S) groups is 1. The van der Waals surface area contributed by atoms with E-state index >= 15 is 0 Å². The molecule has 0 saturated carbocycles. The number of amides is 1. The average molecular weight is 402 g/mol. The lowest BCUT2D eigenvalue weighted by Crippen LogP contribution is -3.15. The van der Waals surface area contributed by atoms with Crippen LogP contribution in [-0.2, 0) is 11.2 Å². The summed E-state index contributed by atoms with van der Waals surface area (Å²) in [6.45, 7) is 5.58. The summed E-state index contributed by atoms with van der Waals surface area (Å²) < 4.78 is 13.8. The van der Waals surface area contributed by atoms with Gasteiger partial charge in [-0.1, -0.05) is 37.3 Å². The first-order chi connectivity index (χ1) is 13.6. The van der Waals surface area contributed by atoms with Crippen molar-refractivity contribution in [3.8, 4) is 0 Å². The number of para-hydroxylation sites is 2. The van der Waals surface area contributed by atoms with Crippen LogP contribution in [0.25, 0.3) is 0 Å². The van der Waals surface area contributed by atoms with Crippen molar-refractivity contribution in [3.05, 3.63) is 59.9 Å². The summed E-state index contributed by atoms with van der Waals surface area (Å²) >= 11 is 5.42. The van der Waals surface area contributed by atoms with E-state index in [0.29, 0.717) is 17.3 Å². The molecule has 0 spiro atoms. The zero-order chi connectivity index (χ0) is 19.9. The van der Waals surface area contributed by atoms with Crippen molar-refractivity contribution >= 4 is 34.6 Å². The van der Waals surface area contributed by atoms with E-state index in [9.17, 15) is 9.18 Å². The summed E-state index contributed by atoms with van der Waals surface area (Å²) in [4.78, 5) is 15.7. The van der Waals surface area contributed by atoms with Crippen LogP contribution in [0.4, 0.5) is 15.8 Å². The van der Waals surface area contributed by atoms with Crippen LogP contribution in [0.1, 0.15) is 12.5 Å². The van der Waals surface area contributed by atoms with Crippen molar-refractivity contribution in [2.45, 2.75) is 13.3 Å². The normalized spacial score (nSPS) is 14.6. The number of benzene rings is 2. The number of carbonyl (C=O) groups is 1. The molecule has 5 nitrogen and oxygen atoms in total. The topological polar surface area (TPSA) is 48.8 Å². The van der Waals surface area contributed by atoms with Crippen LogP contribution in [0.5, 0.6) is 0 Å². The molecule has 1 saturated heterocycles. The largest absolute Gasteiger partial charge is 0.338 e. The molecular weight excluding hydrogens is 375 g/mol. The fraction of sp³-hybridized carbons (Fsp3) is 0.333. The number of rotatable bonds is 5. The zero-order valence-electron chi connectivity index (χ0n) is 16.0. The summed E-state index contributed by atoms with van der Waals surface area (Å²) in [6, 6.07) is 14.4. The van der Waals surface area contributed by atoms with Gasteiger partial charge in [-0.2, -0.15) is 0 Å². The molecule has 7 heteroatoms. The Hall–Kier alpha value is -2.51. The number of anilines is 2. The molecule has 1 heterocycles. The maximum Gasteiger partial charge on any atom is 0.279 e. The standard InChI is InChI=1S/C21H25FN4OS/c1-2-16-7-3-5-9-18(16)23-20(27)15-25-11-13-26(14-12-25)21(28)24-19-10-6-4-8-17(19)22/h3-10H,2,11-15H2,1H3,(H,23,27)(H,24,28)/p+1. The molecule has 1 fully saturated rings. The van der Waals surface area contributed by atoms with E-state index in [2.05, 4.69) is 17.6 Å². The molecule has 1 aliphatic rings. The molecule has 0 aromatic heterocycles.